The number of morpholine rings is 1. The molecule has 0 saturated carbocycles. The van der Waals surface area contributed by atoms with Gasteiger partial charge in [-0.25, -0.2) is 4.39 Å². The molecular weight excluding hydrogens is 493 g/mol. The van der Waals surface area contributed by atoms with Crippen molar-refractivity contribution in [1.82, 2.24) is 9.58 Å². The van der Waals surface area contributed by atoms with E-state index in [9.17, 15) is 14.0 Å². The van der Waals surface area contributed by atoms with Crippen LogP contribution in [0.2, 0.25) is 0 Å². The average molecular weight is 516 g/mol. The molecule has 4 aromatic rings. The van der Waals surface area contributed by atoms with E-state index in [1.54, 1.807) is 33.2 Å². The Labute approximate surface area is 215 Å². The molecule has 37 heavy (non-hydrogen) atoms. The number of aromatic nitrogens is 1. The van der Waals surface area contributed by atoms with Gasteiger partial charge in [0.1, 0.15) is 12.0 Å². The Bertz CT molecular complexity index is 1630. The second-order valence-electron chi connectivity index (χ2n) is 9.23. The third-order valence-corrected chi connectivity index (χ3v) is 8.34. The second kappa shape index (κ2) is 8.29. The van der Waals surface area contributed by atoms with Crippen LogP contribution in [-0.2, 0) is 4.74 Å². The number of amides is 1. The van der Waals surface area contributed by atoms with Gasteiger partial charge in [0, 0.05) is 29.2 Å². The minimum absolute atomic E-state index is 0.00258. The lowest BCUT2D eigenvalue weighted by molar-refractivity contribution is -0.0196. The topological polar surface area (TPSA) is 64.0 Å². The van der Waals surface area contributed by atoms with Gasteiger partial charge in [0.2, 0.25) is 5.43 Å². The van der Waals surface area contributed by atoms with Crippen LogP contribution in [0.25, 0.3) is 21.6 Å². The molecule has 7 rings (SSSR count). The van der Waals surface area contributed by atoms with Gasteiger partial charge in [-0.05, 0) is 45.8 Å². The van der Waals surface area contributed by atoms with Gasteiger partial charge in [-0.2, -0.15) is 0 Å². The number of ether oxygens (including phenoxy) is 2. The van der Waals surface area contributed by atoms with Gasteiger partial charge in [0.05, 0.1) is 26.4 Å². The fraction of sp³-hybridized carbons (Fsp3) is 0.214. The largest absolute Gasteiger partial charge is 0.491 e. The summed E-state index contributed by atoms with van der Waals surface area (Å²) < 4.78 is 27.8. The van der Waals surface area contributed by atoms with E-state index >= 15 is 0 Å². The highest BCUT2D eigenvalue weighted by Crippen LogP contribution is 2.50. The summed E-state index contributed by atoms with van der Waals surface area (Å²) in [7, 11) is 1.40. The third-order valence-electron chi connectivity index (χ3n) is 7.39. The first-order valence-electron chi connectivity index (χ1n) is 12.0. The van der Waals surface area contributed by atoms with Crippen molar-refractivity contribution in [3.8, 4) is 27.3 Å². The molecule has 1 amide bonds. The number of rotatable bonds is 2. The van der Waals surface area contributed by atoms with Crippen LogP contribution in [0, 0.1) is 5.82 Å². The van der Waals surface area contributed by atoms with Crippen LogP contribution >= 0.6 is 11.3 Å². The van der Waals surface area contributed by atoms with Crippen molar-refractivity contribution in [1.29, 1.82) is 0 Å². The lowest BCUT2D eigenvalue weighted by Gasteiger charge is -2.51. The summed E-state index contributed by atoms with van der Waals surface area (Å²) in [5.74, 6) is -0.593. The van der Waals surface area contributed by atoms with E-state index in [-0.39, 0.29) is 35.2 Å². The number of benzene rings is 2. The SMILES string of the molecule is COc1c2n(ccc1=O)N([C@H]1c3ccc(F)cc3-c3ccsc3-c3ccccc31)[C@@H]1COCCN1C2=O. The zero-order valence-corrected chi connectivity index (χ0v) is 20.7. The number of halogens is 1. The van der Waals surface area contributed by atoms with Crippen LogP contribution < -0.4 is 15.2 Å². The highest BCUT2D eigenvalue weighted by molar-refractivity contribution is 7.14. The van der Waals surface area contributed by atoms with Gasteiger partial charge in [-0.3, -0.25) is 19.3 Å². The molecule has 0 N–H and O–H groups in total. The van der Waals surface area contributed by atoms with Crippen LogP contribution in [0.1, 0.15) is 27.7 Å². The van der Waals surface area contributed by atoms with Gasteiger partial charge in [0.25, 0.3) is 5.91 Å². The fourth-order valence-corrected chi connectivity index (χ4v) is 6.80. The van der Waals surface area contributed by atoms with Crippen molar-refractivity contribution < 1.29 is 18.7 Å². The minimum Gasteiger partial charge on any atom is -0.491 e. The summed E-state index contributed by atoms with van der Waals surface area (Å²) in [6, 6.07) is 16.0. The second-order valence-corrected chi connectivity index (χ2v) is 10.1. The molecule has 7 nitrogen and oxygen atoms in total. The number of methoxy groups -OCH3 is 1. The molecule has 2 atom stereocenters. The lowest BCUT2D eigenvalue weighted by atomic mass is 9.92. The van der Waals surface area contributed by atoms with E-state index < -0.39 is 12.2 Å². The van der Waals surface area contributed by atoms with Crippen molar-refractivity contribution >= 4 is 17.2 Å². The monoisotopic (exact) mass is 515 g/mol. The molecule has 1 aliphatic carbocycles. The first-order chi connectivity index (χ1) is 18.1. The maximum absolute atomic E-state index is 14.7. The zero-order chi connectivity index (χ0) is 25.3. The maximum Gasteiger partial charge on any atom is 0.278 e. The molecule has 9 heteroatoms. The smallest absolute Gasteiger partial charge is 0.278 e. The van der Waals surface area contributed by atoms with E-state index in [0.717, 1.165) is 32.7 Å². The van der Waals surface area contributed by atoms with Gasteiger partial charge in [0.15, 0.2) is 11.4 Å². The normalized spacial score (nSPS) is 19.8. The molecule has 0 radical (unpaired) electrons. The molecule has 3 aliphatic rings. The predicted octanol–water partition coefficient (Wildman–Crippen LogP) is 4.24. The Kier molecular flexibility index (Phi) is 4.99. The molecule has 0 unspecified atom stereocenters. The third kappa shape index (κ3) is 3.14. The molecule has 4 heterocycles. The molecule has 1 fully saturated rings. The summed E-state index contributed by atoms with van der Waals surface area (Å²) in [4.78, 5) is 29.2. The molecule has 0 bridgehead atoms. The summed E-state index contributed by atoms with van der Waals surface area (Å²) in [6.07, 6.45) is 1.17. The van der Waals surface area contributed by atoms with Gasteiger partial charge >= 0.3 is 0 Å². The summed E-state index contributed by atoms with van der Waals surface area (Å²) in [5, 5.41) is 4.10. The Morgan fingerprint density at radius 3 is 2.73 bits per heavy atom. The summed E-state index contributed by atoms with van der Waals surface area (Å²) in [6.45, 7) is 1.07. The van der Waals surface area contributed by atoms with Crippen molar-refractivity contribution in [2.24, 2.45) is 0 Å². The number of carbonyl (C=O) groups excluding carboxylic acids is 1. The van der Waals surface area contributed by atoms with E-state index in [1.165, 1.54) is 19.2 Å². The highest BCUT2D eigenvalue weighted by Gasteiger charge is 2.46. The van der Waals surface area contributed by atoms with E-state index in [4.69, 9.17) is 9.47 Å². The molecule has 2 aromatic heterocycles. The molecule has 0 spiro atoms. The predicted molar refractivity (Wildman–Crippen MR) is 138 cm³/mol. The van der Waals surface area contributed by atoms with Crippen LogP contribution in [0.15, 0.2) is 71.0 Å². The quantitative estimate of drug-likeness (QED) is 0.400. The number of fused-ring (bicyclic) bond motifs is 7. The van der Waals surface area contributed by atoms with Crippen LogP contribution in [-0.4, -0.2) is 48.5 Å². The van der Waals surface area contributed by atoms with Crippen molar-refractivity contribution in [3.63, 3.8) is 0 Å². The van der Waals surface area contributed by atoms with Gasteiger partial charge in [-0.1, -0.05) is 30.3 Å². The van der Waals surface area contributed by atoms with Crippen LogP contribution in [0.5, 0.6) is 5.75 Å². The van der Waals surface area contributed by atoms with Gasteiger partial charge < -0.3 is 14.4 Å². The molecule has 1 saturated heterocycles. The molecular formula is C28H22FN3O4S. The molecule has 2 aromatic carbocycles. The van der Waals surface area contributed by atoms with Crippen LogP contribution in [0.3, 0.4) is 0 Å². The molecule has 186 valence electrons. The number of hydrogen-bond donors (Lipinski definition) is 0. The first kappa shape index (κ1) is 22.3. The van der Waals surface area contributed by atoms with E-state index in [1.807, 2.05) is 29.6 Å². The summed E-state index contributed by atoms with van der Waals surface area (Å²) in [5.41, 5.74) is 4.54. The highest BCUT2D eigenvalue weighted by atomic mass is 32.1. The Hall–Kier alpha value is -3.95. The Morgan fingerprint density at radius 2 is 1.86 bits per heavy atom. The Balaban J connectivity index is 1.57. The number of carbonyl (C=O) groups is 1. The Morgan fingerprint density at radius 1 is 1.03 bits per heavy atom. The first-order valence-corrected chi connectivity index (χ1v) is 12.9. The lowest BCUT2D eigenvalue weighted by Crippen LogP contribution is -2.66. The minimum atomic E-state index is -0.451. The summed E-state index contributed by atoms with van der Waals surface area (Å²) >= 11 is 1.62. The number of hydrogen-bond acceptors (Lipinski definition) is 6. The van der Waals surface area contributed by atoms with Crippen LogP contribution in [0.4, 0.5) is 4.39 Å². The number of thiophene rings is 1. The van der Waals surface area contributed by atoms with Crippen molar-refractivity contribution in [3.05, 3.63) is 99.0 Å². The van der Waals surface area contributed by atoms with Crippen molar-refractivity contribution in [2.45, 2.75) is 12.2 Å². The van der Waals surface area contributed by atoms with Crippen molar-refractivity contribution in [2.75, 3.05) is 31.9 Å². The number of pyridine rings is 1. The molecule has 2 aliphatic heterocycles. The average Bonchev–Trinajstić information content (AvgIpc) is 3.38. The van der Waals surface area contributed by atoms with E-state index in [0.29, 0.717) is 13.2 Å². The zero-order valence-electron chi connectivity index (χ0n) is 19.9. The van der Waals surface area contributed by atoms with Gasteiger partial charge in [-0.15, -0.1) is 11.3 Å². The maximum atomic E-state index is 14.7. The standard InChI is InChI=1S/C28H22FN3O4S/c1-35-26-22(33)8-10-31-25(26)28(34)30-11-12-36-15-23(30)32(31)24-17-4-2-3-5-19(17)27-20(9-13-37-27)21-14-16(29)6-7-18(21)24/h2-10,13-14,23-24H,11-12,15H2,1H3/t23-,24-/m1/s1. The van der Waals surface area contributed by atoms with E-state index in [2.05, 4.69) is 17.1 Å². The fourth-order valence-electron chi connectivity index (χ4n) is 5.84. The number of nitrogens with zero attached hydrogens (tertiary/aromatic N) is 3.